The first kappa shape index (κ1) is 18.9. The van der Waals surface area contributed by atoms with Crippen molar-refractivity contribution in [2.24, 2.45) is 0 Å². The third-order valence-electron chi connectivity index (χ3n) is 3.53. The average molecular weight is 406 g/mol. The van der Waals surface area contributed by atoms with E-state index >= 15 is 0 Å². The third kappa shape index (κ3) is 6.54. The molecule has 1 aromatic carbocycles. The van der Waals surface area contributed by atoms with Gasteiger partial charge in [0.1, 0.15) is 0 Å². The van der Waals surface area contributed by atoms with E-state index in [1.807, 2.05) is 6.07 Å². The monoisotopic (exact) mass is 405 g/mol. The van der Waals surface area contributed by atoms with Gasteiger partial charge in [-0.05, 0) is 30.7 Å². The van der Waals surface area contributed by atoms with Gasteiger partial charge in [-0.2, -0.15) is 0 Å². The Morgan fingerprint density at radius 1 is 1.04 bits per heavy atom. The third-order valence-corrected chi connectivity index (χ3v) is 4.02. The fourth-order valence-electron chi connectivity index (χ4n) is 2.21. The summed E-state index contributed by atoms with van der Waals surface area (Å²) < 4.78 is 2.35. The Morgan fingerprint density at radius 3 is 2.60 bits per heavy atom. The first-order chi connectivity index (χ1) is 12.1. The molecule has 2 rings (SSSR count). The summed E-state index contributed by atoms with van der Waals surface area (Å²) in [5.74, 6) is -0.259. The maximum Gasteiger partial charge on any atom is 0.251 e. The van der Waals surface area contributed by atoms with Crippen molar-refractivity contribution in [3.05, 3.63) is 69.1 Å². The smallest absolute Gasteiger partial charge is 0.251 e. The Morgan fingerprint density at radius 2 is 1.84 bits per heavy atom. The molecule has 0 unspecified atom stereocenters. The number of pyridine rings is 1. The number of hydrogen-bond acceptors (Lipinski definition) is 3. The maximum atomic E-state index is 11.9. The van der Waals surface area contributed by atoms with Crippen molar-refractivity contribution in [3.8, 4) is 0 Å². The molecule has 2 N–H and O–H groups in total. The summed E-state index contributed by atoms with van der Waals surface area (Å²) in [6.45, 7) is 1.30. The fraction of sp³-hybridized carbons (Fsp3) is 0.278. The van der Waals surface area contributed by atoms with E-state index in [1.165, 1.54) is 10.6 Å². The largest absolute Gasteiger partial charge is 0.356 e. The standard InChI is InChI=1S/C18H20BrN3O3/c19-15-6-3-5-14(13-15)18(25)21-10-4-9-20-16(23)8-12-22-11-2-1-7-17(22)24/h1-3,5-7,11,13H,4,8-10,12H2,(H,20,23)(H,21,25). The minimum Gasteiger partial charge on any atom is -0.356 e. The number of halogens is 1. The van der Waals surface area contributed by atoms with Crippen LogP contribution in [-0.4, -0.2) is 29.5 Å². The number of aromatic nitrogens is 1. The van der Waals surface area contributed by atoms with Crippen LogP contribution >= 0.6 is 15.9 Å². The summed E-state index contributed by atoms with van der Waals surface area (Å²) >= 11 is 3.33. The first-order valence-corrected chi connectivity index (χ1v) is 8.81. The van der Waals surface area contributed by atoms with Crippen LogP contribution in [0.4, 0.5) is 0 Å². The second kappa shape index (κ2) is 9.78. The van der Waals surface area contributed by atoms with E-state index < -0.39 is 0 Å². The molecule has 6 nitrogen and oxygen atoms in total. The van der Waals surface area contributed by atoms with Gasteiger partial charge in [0.2, 0.25) is 5.91 Å². The van der Waals surface area contributed by atoms with Gasteiger partial charge in [0.05, 0.1) is 0 Å². The van der Waals surface area contributed by atoms with Gasteiger partial charge in [-0.25, -0.2) is 0 Å². The van der Waals surface area contributed by atoms with E-state index in [2.05, 4.69) is 26.6 Å². The van der Waals surface area contributed by atoms with Crippen molar-refractivity contribution in [2.45, 2.75) is 19.4 Å². The first-order valence-electron chi connectivity index (χ1n) is 8.02. The molecule has 0 saturated heterocycles. The van der Waals surface area contributed by atoms with E-state index in [0.717, 1.165) is 4.47 Å². The number of carbonyl (C=O) groups is 2. The molecule has 2 aromatic rings. The van der Waals surface area contributed by atoms with Gasteiger partial charge in [-0.15, -0.1) is 0 Å². The number of nitrogens with zero attached hydrogens (tertiary/aromatic N) is 1. The number of carbonyl (C=O) groups excluding carboxylic acids is 2. The molecule has 0 aliphatic heterocycles. The van der Waals surface area contributed by atoms with Crippen LogP contribution in [0.15, 0.2) is 57.9 Å². The summed E-state index contributed by atoms with van der Waals surface area (Å²) in [5.41, 5.74) is 0.470. The zero-order chi connectivity index (χ0) is 18.1. The van der Waals surface area contributed by atoms with Crippen LogP contribution in [0, 0.1) is 0 Å². The molecule has 7 heteroatoms. The predicted octanol–water partition coefficient (Wildman–Crippen LogP) is 1.94. The van der Waals surface area contributed by atoms with Crippen molar-refractivity contribution >= 4 is 27.7 Å². The quantitative estimate of drug-likeness (QED) is 0.658. The van der Waals surface area contributed by atoms with E-state index in [4.69, 9.17) is 0 Å². The second-order valence-corrected chi connectivity index (χ2v) is 6.37. The normalized spacial score (nSPS) is 10.3. The molecule has 0 atom stereocenters. The van der Waals surface area contributed by atoms with Gasteiger partial charge < -0.3 is 15.2 Å². The summed E-state index contributed by atoms with van der Waals surface area (Å²) in [7, 11) is 0. The zero-order valence-corrected chi connectivity index (χ0v) is 15.3. The lowest BCUT2D eigenvalue weighted by Crippen LogP contribution is -2.31. The highest BCUT2D eigenvalue weighted by Crippen LogP contribution is 2.11. The molecule has 0 aliphatic rings. The predicted molar refractivity (Wildman–Crippen MR) is 99.4 cm³/mol. The van der Waals surface area contributed by atoms with E-state index in [0.29, 0.717) is 31.6 Å². The Hall–Kier alpha value is -2.41. The number of amides is 2. The molecule has 2 amide bonds. The minimum atomic E-state index is -0.143. The van der Waals surface area contributed by atoms with Crippen LogP contribution in [0.2, 0.25) is 0 Å². The molecule has 0 spiro atoms. The summed E-state index contributed by atoms with van der Waals surface area (Å²) in [4.78, 5) is 35.2. The highest BCUT2D eigenvalue weighted by atomic mass is 79.9. The zero-order valence-electron chi connectivity index (χ0n) is 13.7. The van der Waals surface area contributed by atoms with Crippen LogP contribution in [0.3, 0.4) is 0 Å². The SMILES string of the molecule is O=C(CCn1ccccc1=O)NCCCNC(=O)c1cccc(Br)c1. The lowest BCUT2D eigenvalue weighted by molar-refractivity contribution is -0.121. The minimum absolute atomic E-state index is 0.117. The summed E-state index contributed by atoms with van der Waals surface area (Å²) in [6, 6.07) is 12.0. The molecule has 0 bridgehead atoms. The molecule has 25 heavy (non-hydrogen) atoms. The van der Waals surface area contributed by atoms with E-state index in [-0.39, 0.29) is 23.8 Å². The van der Waals surface area contributed by atoms with Gasteiger partial charge in [0, 0.05) is 48.4 Å². The van der Waals surface area contributed by atoms with Crippen molar-refractivity contribution in [1.82, 2.24) is 15.2 Å². The molecule has 1 heterocycles. The number of hydrogen-bond donors (Lipinski definition) is 2. The Labute approximate surface area is 154 Å². The van der Waals surface area contributed by atoms with Gasteiger partial charge in [0.25, 0.3) is 11.5 Å². The fourth-order valence-corrected chi connectivity index (χ4v) is 2.60. The van der Waals surface area contributed by atoms with E-state index in [9.17, 15) is 14.4 Å². The van der Waals surface area contributed by atoms with E-state index in [1.54, 1.807) is 36.5 Å². The summed E-state index contributed by atoms with van der Waals surface area (Å²) in [6.07, 6.45) is 2.54. The van der Waals surface area contributed by atoms with Crippen molar-refractivity contribution in [3.63, 3.8) is 0 Å². The number of rotatable bonds is 8. The molecule has 0 saturated carbocycles. The Kier molecular flexibility index (Phi) is 7.40. The van der Waals surface area contributed by atoms with Crippen LogP contribution in [0.1, 0.15) is 23.2 Å². The van der Waals surface area contributed by atoms with Gasteiger partial charge in [-0.1, -0.05) is 28.1 Å². The van der Waals surface area contributed by atoms with Crippen LogP contribution in [0.5, 0.6) is 0 Å². The van der Waals surface area contributed by atoms with Gasteiger partial charge in [-0.3, -0.25) is 14.4 Å². The molecule has 0 aliphatic carbocycles. The second-order valence-electron chi connectivity index (χ2n) is 5.45. The topological polar surface area (TPSA) is 80.2 Å². The van der Waals surface area contributed by atoms with Crippen LogP contribution < -0.4 is 16.2 Å². The molecular weight excluding hydrogens is 386 g/mol. The average Bonchev–Trinajstić information content (AvgIpc) is 2.60. The van der Waals surface area contributed by atoms with Crippen LogP contribution in [0.25, 0.3) is 0 Å². The molecular formula is C18H20BrN3O3. The van der Waals surface area contributed by atoms with Crippen molar-refractivity contribution in [2.75, 3.05) is 13.1 Å². The lowest BCUT2D eigenvalue weighted by Gasteiger charge is -2.08. The highest BCUT2D eigenvalue weighted by molar-refractivity contribution is 9.10. The lowest BCUT2D eigenvalue weighted by atomic mass is 10.2. The summed E-state index contributed by atoms with van der Waals surface area (Å²) in [5, 5.41) is 5.59. The highest BCUT2D eigenvalue weighted by Gasteiger charge is 2.05. The Balaban J connectivity index is 1.61. The molecule has 0 radical (unpaired) electrons. The number of benzene rings is 1. The van der Waals surface area contributed by atoms with Gasteiger partial charge in [0.15, 0.2) is 0 Å². The van der Waals surface area contributed by atoms with Crippen molar-refractivity contribution < 1.29 is 9.59 Å². The maximum absolute atomic E-state index is 11.9. The van der Waals surface area contributed by atoms with Crippen molar-refractivity contribution in [1.29, 1.82) is 0 Å². The number of aryl methyl sites for hydroxylation is 1. The van der Waals surface area contributed by atoms with Gasteiger partial charge >= 0.3 is 0 Å². The molecule has 0 fully saturated rings. The Bertz CT molecular complexity index is 789. The number of nitrogens with one attached hydrogen (secondary N) is 2. The molecule has 132 valence electrons. The van der Waals surface area contributed by atoms with Crippen LogP contribution in [-0.2, 0) is 11.3 Å². The molecule has 1 aromatic heterocycles.